The van der Waals surface area contributed by atoms with E-state index in [2.05, 4.69) is 21.2 Å². The van der Waals surface area contributed by atoms with Crippen molar-refractivity contribution in [3.05, 3.63) is 22.2 Å². The van der Waals surface area contributed by atoms with E-state index in [1.807, 2.05) is 13.0 Å². The minimum atomic E-state index is -0.504. The van der Waals surface area contributed by atoms with Gasteiger partial charge < -0.3 is 19.5 Å². The predicted molar refractivity (Wildman–Crippen MR) is 73.3 cm³/mol. The summed E-state index contributed by atoms with van der Waals surface area (Å²) in [6.07, 6.45) is 0. The fourth-order valence-corrected chi connectivity index (χ4v) is 2.50. The highest BCUT2D eigenvalue weighted by Gasteiger charge is 2.25. The molecule has 1 N–H and O–H groups in total. The van der Waals surface area contributed by atoms with Gasteiger partial charge in [-0.25, -0.2) is 4.79 Å². The van der Waals surface area contributed by atoms with Crippen LogP contribution in [0.5, 0.6) is 11.5 Å². The third-order valence-corrected chi connectivity index (χ3v) is 3.30. The van der Waals surface area contributed by atoms with Crippen LogP contribution >= 0.6 is 15.9 Å². The van der Waals surface area contributed by atoms with E-state index in [1.54, 1.807) is 13.0 Å². The third kappa shape index (κ3) is 3.01. The fraction of sp³-hybridized carbons (Fsp3) is 0.462. The molecule has 0 aliphatic carbocycles. The molecule has 1 atom stereocenters. The Morgan fingerprint density at radius 2 is 2.26 bits per heavy atom. The van der Waals surface area contributed by atoms with Crippen LogP contribution in [0.25, 0.3) is 0 Å². The number of carbonyl (C=O) groups excluding carboxylic acids is 1. The third-order valence-electron chi connectivity index (χ3n) is 2.71. The molecule has 0 amide bonds. The maximum atomic E-state index is 12.0. The molecule has 0 saturated carbocycles. The van der Waals surface area contributed by atoms with Crippen molar-refractivity contribution >= 4 is 21.9 Å². The number of rotatable bonds is 5. The number of hydrogen-bond acceptors (Lipinski definition) is 5. The van der Waals surface area contributed by atoms with E-state index in [4.69, 9.17) is 14.2 Å². The Hall–Kier alpha value is -1.27. The average Bonchev–Trinajstić information content (AvgIpc) is 2.84. The number of benzene rings is 1. The van der Waals surface area contributed by atoms with Crippen LogP contribution in [0.2, 0.25) is 0 Å². The summed E-state index contributed by atoms with van der Waals surface area (Å²) < 4.78 is 16.5. The summed E-state index contributed by atoms with van der Waals surface area (Å²) in [6.45, 7) is 4.94. The van der Waals surface area contributed by atoms with Crippen LogP contribution in [-0.4, -0.2) is 25.9 Å². The molecule has 2 rings (SSSR count). The van der Waals surface area contributed by atoms with E-state index >= 15 is 0 Å². The summed E-state index contributed by atoms with van der Waals surface area (Å²) in [5, 5.41) is 3.11. The summed E-state index contributed by atoms with van der Waals surface area (Å²) in [7, 11) is 0. The van der Waals surface area contributed by atoms with Gasteiger partial charge in [0.1, 0.15) is 6.04 Å². The van der Waals surface area contributed by atoms with E-state index < -0.39 is 6.04 Å². The summed E-state index contributed by atoms with van der Waals surface area (Å²) in [5.41, 5.74) is 0.788. The first kappa shape index (κ1) is 14.1. The molecule has 1 aromatic rings. The molecule has 0 radical (unpaired) electrons. The zero-order valence-corrected chi connectivity index (χ0v) is 12.5. The Labute approximate surface area is 120 Å². The van der Waals surface area contributed by atoms with E-state index in [1.165, 1.54) is 0 Å². The van der Waals surface area contributed by atoms with Gasteiger partial charge >= 0.3 is 5.97 Å². The van der Waals surface area contributed by atoms with Crippen molar-refractivity contribution in [1.29, 1.82) is 0 Å². The van der Waals surface area contributed by atoms with Crippen LogP contribution in [0.3, 0.4) is 0 Å². The Morgan fingerprint density at radius 3 is 2.95 bits per heavy atom. The molecule has 1 aromatic carbocycles. The monoisotopic (exact) mass is 329 g/mol. The Kier molecular flexibility index (Phi) is 4.66. The summed E-state index contributed by atoms with van der Waals surface area (Å²) in [4.78, 5) is 12.0. The van der Waals surface area contributed by atoms with E-state index in [9.17, 15) is 4.79 Å². The zero-order chi connectivity index (χ0) is 13.8. The van der Waals surface area contributed by atoms with Gasteiger partial charge in [-0.1, -0.05) is 6.92 Å². The van der Waals surface area contributed by atoms with Gasteiger partial charge in [-0.05, 0) is 47.1 Å². The van der Waals surface area contributed by atoms with Crippen LogP contribution in [-0.2, 0) is 9.53 Å². The molecule has 1 aliphatic rings. The number of likely N-dealkylation sites (N-methyl/N-ethyl adjacent to an activating group) is 1. The first-order chi connectivity index (χ1) is 9.17. The lowest BCUT2D eigenvalue weighted by Gasteiger charge is -2.17. The summed E-state index contributed by atoms with van der Waals surface area (Å²) >= 11 is 3.42. The molecular weight excluding hydrogens is 314 g/mol. The highest BCUT2D eigenvalue weighted by molar-refractivity contribution is 9.10. The van der Waals surface area contributed by atoms with Crippen molar-refractivity contribution in [1.82, 2.24) is 5.32 Å². The second-order valence-corrected chi connectivity index (χ2v) is 4.83. The lowest BCUT2D eigenvalue weighted by molar-refractivity contribution is -0.145. The van der Waals surface area contributed by atoms with Gasteiger partial charge in [0.2, 0.25) is 6.79 Å². The smallest absolute Gasteiger partial charge is 0.327 e. The maximum Gasteiger partial charge on any atom is 0.327 e. The Balaban J connectivity index is 2.31. The number of fused-ring (bicyclic) bond motifs is 1. The lowest BCUT2D eigenvalue weighted by Crippen LogP contribution is -2.30. The lowest BCUT2D eigenvalue weighted by atomic mass is 10.1. The second-order valence-electron chi connectivity index (χ2n) is 3.98. The van der Waals surface area contributed by atoms with Gasteiger partial charge in [0.25, 0.3) is 0 Å². The first-order valence-corrected chi connectivity index (χ1v) is 6.95. The van der Waals surface area contributed by atoms with Crippen molar-refractivity contribution in [2.24, 2.45) is 0 Å². The number of ether oxygens (including phenoxy) is 3. The van der Waals surface area contributed by atoms with Crippen LogP contribution in [0, 0.1) is 0 Å². The molecule has 0 saturated heterocycles. The van der Waals surface area contributed by atoms with Crippen molar-refractivity contribution < 1.29 is 19.0 Å². The van der Waals surface area contributed by atoms with Crippen molar-refractivity contribution in [3.8, 4) is 11.5 Å². The van der Waals surface area contributed by atoms with E-state index in [0.29, 0.717) is 24.7 Å². The second kappa shape index (κ2) is 6.25. The molecule has 0 spiro atoms. The molecule has 1 aliphatic heterocycles. The summed E-state index contributed by atoms with van der Waals surface area (Å²) in [5.74, 6) is 1.01. The van der Waals surface area contributed by atoms with Gasteiger partial charge in [0.15, 0.2) is 11.5 Å². The zero-order valence-electron chi connectivity index (χ0n) is 10.9. The molecule has 104 valence electrons. The molecule has 0 fully saturated rings. The number of nitrogens with one attached hydrogen (secondary N) is 1. The van der Waals surface area contributed by atoms with Gasteiger partial charge in [0.05, 0.1) is 11.1 Å². The highest BCUT2D eigenvalue weighted by atomic mass is 79.9. The fourth-order valence-electron chi connectivity index (χ4n) is 1.92. The van der Waals surface area contributed by atoms with Crippen LogP contribution in [0.1, 0.15) is 25.5 Å². The summed E-state index contributed by atoms with van der Waals surface area (Å²) in [6, 6.07) is 3.14. The topological polar surface area (TPSA) is 56.8 Å². The quantitative estimate of drug-likeness (QED) is 0.840. The number of carbonyl (C=O) groups is 1. The SMILES string of the molecule is CCNC(C(=O)OCC)c1cc(Br)c2c(c1)OCO2. The van der Waals surface area contributed by atoms with Gasteiger partial charge in [-0.2, -0.15) is 0 Å². The molecule has 19 heavy (non-hydrogen) atoms. The van der Waals surface area contributed by atoms with Crippen molar-refractivity contribution in [3.63, 3.8) is 0 Å². The average molecular weight is 330 g/mol. The highest BCUT2D eigenvalue weighted by Crippen LogP contribution is 2.41. The Morgan fingerprint density at radius 1 is 1.47 bits per heavy atom. The minimum absolute atomic E-state index is 0.197. The number of hydrogen-bond donors (Lipinski definition) is 1. The molecule has 1 unspecified atom stereocenters. The Bertz CT molecular complexity index is 478. The van der Waals surface area contributed by atoms with Gasteiger partial charge in [0, 0.05) is 0 Å². The first-order valence-electron chi connectivity index (χ1n) is 6.16. The molecule has 6 heteroatoms. The van der Waals surface area contributed by atoms with Crippen molar-refractivity contribution in [2.75, 3.05) is 19.9 Å². The van der Waals surface area contributed by atoms with Gasteiger partial charge in [-0.15, -0.1) is 0 Å². The molecule has 0 aromatic heterocycles. The molecule has 0 bridgehead atoms. The van der Waals surface area contributed by atoms with Crippen LogP contribution in [0.4, 0.5) is 0 Å². The normalized spacial score (nSPS) is 14.3. The van der Waals surface area contributed by atoms with Crippen LogP contribution in [0.15, 0.2) is 16.6 Å². The number of esters is 1. The minimum Gasteiger partial charge on any atom is -0.465 e. The largest absolute Gasteiger partial charge is 0.465 e. The maximum absolute atomic E-state index is 12.0. The molecule has 1 heterocycles. The number of halogens is 1. The van der Waals surface area contributed by atoms with Gasteiger partial charge in [-0.3, -0.25) is 0 Å². The van der Waals surface area contributed by atoms with Crippen LogP contribution < -0.4 is 14.8 Å². The van der Waals surface area contributed by atoms with E-state index in [0.717, 1.165) is 10.0 Å². The van der Waals surface area contributed by atoms with Crippen molar-refractivity contribution in [2.45, 2.75) is 19.9 Å². The molecular formula is C13H16BrNO4. The predicted octanol–water partition coefficient (Wildman–Crippen LogP) is 2.39. The molecule has 5 nitrogen and oxygen atoms in total. The van der Waals surface area contributed by atoms with E-state index in [-0.39, 0.29) is 12.8 Å². The standard InChI is InChI=1S/C13H16BrNO4/c1-3-15-11(13(16)17-4-2)8-5-9(14)12-10(6-8)18-7-19-12/h5-6,11,15H,3-4,7H2,1-2H3.